The van der Waals surface area contributed by atoms with Gasteiger partial charge >= 0.3 is 6.03 Å². The zero-order chi connectivity index (χ0) is 14.4. The van der Waals surface area contributed by atoms with Gasteiger partial charge in [-0.1, -0.05) is 24.3 Å². The zero-order valence-corrected chi connectivity index (χ0v) is 10.6. The van der Waals surface area contributed by atoms with Crippen LogP contribution in [0.4, 0.5) is 14.9 Å². The van der Waals surface area contributed by atoms with E-state index in [1.54, 1.807) is 36.4 Å². The molecule has 0 spiro atoms. The molecule has 2 aromatic rings. The normalized spacial score (nSPS) is 9.60. The van der Waals surface area contributed by atoms with Gasteiger partial charge in [0.25, 0.3) is 0 Å². The molecule has 100 valence electrons. The third-order valence-electron chi connectivity index (χ3n) is 2.66. The second-order valence-electron chi connectivity index (χ2n) is 4.10. The van der Waals surface area contributed by atoms with E-state index in [1.165, 1.54) is 12.1 Å². The number of nitrogens with zero attached hydrogens (tertiary/aromatic N) is 1. The summed E-state index contributed by atoms with van der Waals surface area (Å²) in [6, 6.07) is 14.3. The van der Waals surface area contributed by atoms with Crippen LogP contribution >= 0.6 is 0 Å². The van der Waals surface area contributed by atoms with E-state index in [2.05, 4.69) is 10.6 Å². The average molecular weight is 269 g/mol. The molecule has 2 aromatic carbocycles. The molecule has 0 aliphatic carbocycles. The predicted octanol–water partition coefficient (Wildman–Crippen LogP) is 3.02. The molecule has 0 bridgehead atoms. The number of nitriles is 1. The van der Waals surface area contributed by atoms with Gasteiger partial charge in [-0.05, 0) is 29.8 Å². The molecule has 4 nitrogen and oxygen atoms in total. The Kier molecular flexibility index (Phi) is 4.30. The lowest BCUT2D eigenvalue weighted by Gasteiger charge is -2.08. The number of urea groups is 1. The Labute approximate surface area is 115 Å². The molecule has 0 aliphatic rings. The first-order valence-corrected chi connectivity index (χ1v) is 5.97. The number of hydrogen-bond acceptors (Lipinski definition) is 2. The SMILES string of the molecule is N#Cc1ccc(CNC(=O)Nc2ccccc2F)cc1. The number of para-hydroxylation sites is 1. The van der Waals surface area contributed by atoms with Crippen molar-refractivity contribution in [2.45, 2.75) is 6.54 Å². The van der Waals surface area contributed by atoms with E-state index in [0.29, 0.717) is 12.1 Å². The molecule has 0 aromatic heterocycles. The highest BCUT2D eigenvalue weighted by Gasteiger charge is 2.05. The lowest BCUT2D eigenvalue weighted by atomic mass is 10.1. The largest absolute Gasteiger partial charge is 0.334 e. The van der Waals surface area contributed by atoms with Crippen LogP contribution < -0.4 is 10.6 Å². The predicted molar refractivity (Wildman–Crippen MR) is 73.4 cm³/mol. The van der Waals surface area contributed by atoms with Crippen molar-refractivity contribution in [1.82, 2.24) is 5.32 Å². The summed E-state index contributed by atoms with van der Waals surface area (Å²) in [5.41, 5.74) is 1.54. The van der Waals surface area contributed by atoms with Gasteiger partial charge in [-0.25, -0.2) is 9.18 Å². The molecular formula is C15H12FN3O. The molecule has 2 rings (SSSR count). The molecule has 0 atom stereocenters. The standard InChI is InChI=1S/C15H12FN3O/c16-13-3-1-2-4-14(13)19-15(20)18-10-12-7-5-11(9-17)6-8-12/h1-8H,10H2,(H2,18,19,20). The van der Waals surface area contributed by atoms with Crippen molar-refractivity contribution in [2.75, 3.05) is 5.32 Å². The first kappa shape index (κ1) is 13.6. The second kappa shape index (κ2) is 6.34. The molecule has 0 radical (unpaired) electrons. The highest BCUT2D eigenvalue weighted by Crippen LogP contribution is 2.12. The van der Waals surface area contributed by atoms with E-state index >= 15 is 0 Å². The molecule has 0 fully saturated rings. The van der Waals surface area contributed by atoms with Crippen molar-refractivity contribution in [3.05, 3.63) is 65.5 Å². The molecule has 5 heteroatoms. The minimum absolute atomic E-state index is 0.129. The molecule has 0 unspecified atom stereocenters. The van der Waals surface area contributed by atoms with E-state index in [-0.39, 0.29) is 5.69 Å². The first-order valence-electron chi connectivity index (χ1n) is 5.97. The molecule has 2 N–H and O–H groups in total. The van der Waals surface area contributed by atoms with Crippen molar-refractivity contribution in [1.29, 1.82) is 5.26 Å². The maximum absolute atomic E-state index is 13.3. The minimum Gasteiger partial charge on any atom is -0.334 e. The summed E-state index contributed by atoms with van der Waals surface area (Å²) < 4.78 is 13.3. The van der Waals surface area contributed by atoms with Crippen molar-refractivity contribution in [3.8, 4) is 6.07 Å². The Balaban J connectivity index is 1.89. The molecular weight excluding hydrogens is 257 g/mol. The number of halogens is 1. The van der Waals surface area contributed by atoms with Gasteiger partial charge in [-0.15, -0.1) is 0 Å². The van der Waals surface area contributed by atoms with Crippen LogP contribution in [0.25, 0.3) is 0 Å². The van der Waals surface area contributed by atoms with Crippen LogP contribution in [0.3, 0.4) is 0 Å². The number of hydrogen-bond donors (Lipinski definition) is 2. The van der Waals surface area contributed by atoms with Gasteiger partial charge in [0.05, 0.1) is 17.3 Å². The summed E-state index contributed by atoms with van der Waals surface area (Å²) in [6.45, 7) is 0.298. The summed E-state index contributed by atoms with van der Waals surface area (Å²) in [5, 5.41) is 13.7. The molecule has 0 heterocycles. The van der Waals surface area contributed by atoms with Gasteiger partial charge in [0, 0.05) is 6.54 Å². The fourth-order valence-corrected chi connectivity index (χ4v) is 1.61. The first-order chi connectivity index (χ1) is 9.69. The number of amides is 2. The molecule has 0 saturated heterocycles. The van der Waals surface area contributed by atoms with Gasteiger partial charge in [-0.3, -0.25) is 0 Å². The summed E-state index contributed by atoms with van der Waals surface area (Å²) in [4.78, 5) is 11.6. The molecule has 0 aliphatic heterocycles. The Hall–Kier alpha value is -2.87. The Bertz CT molecular complexity index is 647. The lowest BCUT2D eigenvalue weighted by molar-refractivity contribution is 0.251. The van der Waals surface area contributed by atoms with Crippen molar-refractivity contribution >= 4 is 11.7 Å². The monoisotopic (exact) mass is 269 g/mol. The van der Waals surface area contributed by atoms with Crippen LogP contribution in [0.2, 0.25) is 0 Å². The highest BCUT2D eigenvalue weighted by molar-refractivity contribution is 5.89. The third kappa shape index (κ3) is 3.56. The molecule has 20 heavy (non-hydrogen) atoms. The third-order valence-corrected chi connectivity index (χ3v) is 2.66. The summed E-state index contributed by atoms with van der Waals surface area (Å²) >= 11 is 0. The summed E-state index contributed by atoms with van der Waals surface area (Å²) in [7, 11) is 0. The summed E-state index contributed by atoms with van der Waals surface area (Å²) in [5.74, 6) is -0.485. The number of carbonyl (C=O) groups is 1. The average Bonchev–Trinajstić information content (AvgIpc) is 2.48. The van der Waals surface area contributed by atoms with Crippen LogP contribution in [0, 0.1) is 17.1 Å². The number of anilines is 1. The van der Waals surface area contributed by atoms with Gasteiger partial charge in [0.15, 0.2) is 0 Å². The van der Waals surface area contributed by atoms with Gasteiger partial charge in [-0.2, -0.15) is 5.26 Å². The zero-order valence-electron chi connectivity index (χ0n) is 10.6. The second-order valence-corrected chi connectivity index (χ2v) is 4.10. The van der Waals surface area contributed by atoms with Crippen LogP contribution in [0.5, 0.6) is 0 Å². The molecule has 0 saturated carbocycles. The fourth-order valence-electron chi connectivity index (χ4n) is 1.61. The van der Waals surface area contributed by atoms with Gasteiger partial charge < -0.3 is 10.6 Å². The Morgan fingerprint density at radius 1 is 1.15 bits per heavy atom. The van der Waals surface area contributed by atoms with Crippen LogP contribution in [-0.2, 0) is 6.54 Å². The number of benzene rings is 2. The van der Waals surface area contributed by atoms with Crippen molar-refractivity contribution in [3.63, 3.8) is 0 Å². The maximum atomic E-state index is 13.3. The molecule has 2 amide bonds. The smallest absolute Gasteiger partial charge is 0.319 e. The van der Waals surface area contributed by atoms with Crippen molar-refractivity contribution < 1.29 is 9.18 Å². The van der Waals surface area contributed by atoms with Gasteiger partial charge in [0.1, 0.15) is 5.82 Å². The Morgan fingerprint density at radius 2 is 1.85 bits per heavy atom. The summed E-state index contributed by atoms with van der Waals surface area (Å²) in [6.07, 6.45) is 0. The van der Waals surface area contributed by atoms with E-state index in [9.17, 15) is 9.18 Å². The highest BCUT2D eigenvalue weighted by atomic mass is 19.1. The topological polar surface area (TPSA) is 64.9 Å². The van der Waals surface area contributed by atoms with Gasteiger partial charge in [0.2, 0.25) is 0 Å². The maximum Gasteiger partial charge on any atom is 0.319 e. The van der Waals surface area contributed by atoms with Crippen LogP contribution in [-0.4, -0.2) is 6.03 Å². The van der Waals surface area contributed by atoms with E-state index in [0.717, 1.165) is 5.56 Å². The number of rotatable bonds is 3. The van der Waals surface area contributed by atoms with E-state index in [1.807, 2.05) is 6.07 Å². The fraction of sp³-hybridized carbons (Fsp3) is 0.0667. The minimum atomic E-state index is -0.487. The number of nitrogens with one attached hydrogen (secondary N) is 2. The van der Waals surface area contributed by atoms with E-state index < -0.39 is 11.8 Å². The van der Waals surface area contributed by atoms with Crippen molar-refractivity contribution in [2.24, 2.45) is 0 Å². The van der Waals surface area contributed by atoms with Crippen LogP contribution in [0.15, 0.2) is 48.5 Å². The lowest BCUT2D eigenvalue weighted by Crippen LogP contribution is -2.28. The quantitative estimate of drug-likeness (QED) is 0.899. The number of carbonyl (C=O) groups excluding carboxylic acids is 1. The van der Waals surface area contributed by atoms with Crippen LogP contribution in [0.1, 0.15) is 11.1 Å². The van der Waals surface area contributed by atoms with E-state index in [4.69, 9.17) is 5.26 Å². The Morgan fingerprint density at radius 3 is 2.50 bits per heavy atom.